The number of rotatable bonds is 3. The minimum Gasteiger partial charge on any atom is -0.378 e. The molecule has 0 saturated heterocycles. The molecule has 0 spiro atoms. The summed E-state index contributed by atoms with van der Waals surface area (Å²) in [5, 5.41) is 0.0610. The van der Waals surface area contributed by atoms with E-state index in [4.69, 9.17) is 4.18 Å². The lowest BCUT2D eigenvalue weighted by Gasteiger charge is -2.14. The van der Waals surface area contributed by atoms with Crippen LogP contribution in [0.15, 0.2) is 29.4 Å². The van der Waals surface area contributed by atoms with Crippen LogP contribution in [0.4, 0.5) is 0 Å². The zero-order chi connectivity index (χ0) is 16.1. The van der Waals surface area contributed by atoms with Crippen molar-refractivity contribution in [2.75, 3.05) is 0 Å². The molecule has 3 rings (SSSR count). The molecule has 0 bridgehead atoms. The van der Waals surface area contributed by atoms with Crippen LogP contribution in [-0.4, -0.2) is 18.0 Å². The first-order chi connectivity index (χ1) is 10.2. The molecule has 0 amide bonds. The number of hydrogen-bond acceptors (Lipinski definition) is 4. The second kappa shape index (κ2) is 4.84. The Morgan fingerprint density at radius 1 is 1.23 bits per heavy atom. The van der Waals surface area contributed by atoms with Gasteiger partial charge in [-0.3, -0.25) is 0 Å². The van der Waals surface area contributed by atoms with Crippen molar-refractivity contribution in [1.29, 1.82) is 0 Å². The van der Waals surface area contributed by atoms with Gasteiger partial charge in [0.05, 0.1) is 6.20 Å². The van der Waals surface area contributed by atoms with Crippen LogP contribution in [0.1, 0.15) is 30.8 Å². The van der Waals surface area contributed by atoms with E-state index in [1.54, 1.807) is 20.0 Å². The van der Waals surface area contributed by atoms with Gasteiger partial charge in [-0.1, -0.05) is 19.9 Å². The fraction of sp³-hybridized carbons (Fsp3) is 0.438. The van der Waals surface area contributed by atoms with Crippen molar-refractivity contribution in [3.05, 3.63) is 41.3 Å². The Morgan fingerprint density at radius 3 is 2.55 bits per heavy atom. The van der Waals surface area contributed by atoms with Crippen LogP contribution in [0.25, 0.3) is 0 Å². The van der Waals surface area contributed by atoms with E-state index in [2.05, 4.69) is 18.8 Å². The SMILES string of the molecule is Cc1ncc(S(=O)(=O)Oc2ccc3c(c2)CC(C)(C)C3)n1C. The average Bonchev–Trinajstić information content (AvgIpc) is 2.88. The van der Waals surface area contributed by atoms with Crippen molar-refractivity contribution in [3.63, 3.8) is 0 Å². The van der Waals surface area contributed by atoms with Crippen LogP contribution in [-0.2, 0) is 30.0 Å². The summed E-state index contributed by atoms with van der Waals surface area (Å²) in [6.45, 7) is 6.17. The van der Waals surface area contributed by atoms with Gasteiger partial charge in [-0.05, 0) is 48.4 Å². The molecule has 1 aromatic carbocycles. The van der Waals surface area contributed by atoms with Gasteiger partial charge in [-0.25, -0.2) is 4.98 Å². The molecule has 1 heterocycles. The Hall–Kier alpha value is -1.82. The molecule has 22 heavy (non-hydrogen) atoms. The Bertz CT molecular complexity index is 835. The van der Waals surface area contributed by atoms with Gasteiger partial charge in [0.25, 0.3) is 0 Å². The second-order valence-corrected chi connectivity index (χ2v) is 8.18. The molecule has 0 N–H and O–H groups in total. The van der Waals surface area contributed by atoms with Crippen LogP contribution in [0.3, 0.4) is 0 Å². The molecule has 2 aromatic rings. The zero-order valence-corrected chi connectivity index (χ0v) is 14.1. The molecule has 0 radical (unpaired) electrons. The quantitative estimate of drug-likeness (QED) is 0.816. The third-order valence-corrected chi connectivity index (χ3v) is 5.46. The number of aromatic nitrogens is 2. The maximum atomic E-state index is 12.4. The Labute approximate surface area is 131 Å². The summed E-state index contributed by atoms with van der Waals surface area (Å²) in [6.07, 6.45) is 3.27. The molecule has 118 valence electrons. The molecule has 0 unspecified atom stereocenters. The molecular formula is C16H20N2O3S. The predicted molar refractivity (Wildman–Crippen MR) is 83.4 cm³/mol. The highest BCUT2D eigenvalue weighted by Gasteiger charge is 2.29. The maximum Gasteiger partial charge on any atom is 0.356 e. The molecule has 0 saturated carbocycles. The third-order valence-electron chi connectivity index (χ3n) is 4.16. The number of hydrogen-bond donors (Lipinski definition) is 0. The highest BCUT2D eigenvalue weighted by molar-refractivity contribution is 7.87. The van der Waals surface area contributed by atoms with Crippen molar-refractivity contribution >= 4 is 10.1 Å². The highest BCUT2D eigenvalue weighted by Crippen LogP contribution is 2.38. The predicted octanol–water partition coefficient (Wildman–Crippen LogP) is 2.62. The molecule has 6 heteroatoms. The van der Waals surface area contributed by atoms with Crippen molar-refractivity contribution in [3.8, 4) is 5.75 Å². The number of aryl methyl sites for hydroxylation is 1. The average molecular weight is 320 g/mol. The van der Waals surface area contributed by atoms with E-state index in [0.29, 0.717) is 11.6 Å². The van der Waals surface area contributed by atoms with E-state index in [0.717, 1.165) is 12.8 Å². The summed E-state index contributed by atoms with van der Waals surface area (Å²) in [7, 11) is -2.21. The lowest BCUT2D eigenvalue weighted by Crippen LogP contribution is -2.14. The zero-order valence-electron chi connectivity index (χ0n) is 13.3. The first-order valence-corrected chi connectivity index (χ1v) is 8.63. The van der Waals surface area contributed by atoms with E-state index in [1.807, 2.05) is 12.1 Å². The Balaban J connectivity index is 1.90. The number of imidazole rings is 1. The van der Waals surface area contributed by atoms with E-state index < -0.39 is 10.1 Å². The van der Waals surface area contributed by atoms with Crippen LogP contribution >= 0.6 is 0 Å². The minimum absolute atomic E-state index is 0.0610. The number of benzene rings is 1. The second-order valence-electron chi connectivity index (χ2n) is 6.69. The summed E-state index contributed by atoms with van der Waals surface area (Å²) in [5.41, 5.74) is 2.66. The number of fused-ring (bicyclic) bond motifs is 1. The van der Waals surface area contributed by atoms with Gasteiger partial charge < -0.3 is 8.75 Å². The van der Waals surface area contributed by atoms with Gasteiger partial charge in [-0.15, -0.1) is 0 Å². The van der Waals surface area contributed by atoms with Gasteiger partial charge in [0.15, 0.2) is 5.03 Å². The summed E-state index contributed by atoms with van der Waals surface area (Å²) in [4.78, 5) is 4.00. The van der Waals surface area contributed by atoms with Gasteiger partial charge in [0, 0.05) is 7.05 Å². The van der Waals surface area contributed by atoms with E-state index in [9.17, 15) is 8.42 Å². The molecule has 1 aliphatic carbocycles. The van der Waals surface area contributed by atoms with E-state index in [1.165, 1.54) is 21.9 Å². The molecule has 0 aliphatic heterocycles. The Kier molecular flexibility index (Phi) is 3.32. The molecule has 0 fully saturated rings. The van der Waals surface area contributed by atoms with E-state index in [-0.39, 0.29) is 10.4 Å². The maximum absolute atomic E-state index is 12.4. The molecule has 1 aromatic heterocycles. The summed E-state index contributed by atoms with van der Waals surface area (Å²) in [6, 6.07) is 5.52. The van der Waals surface area contributed by atoms with Crippen molar-refractivity contribution in [1.82, 2.24) is 9.55 Å². The Morgan fingerprint density at radius 2 is 1.91 bits per heavy atom. The number of nitrogens with zero attached hydrogens (tertiary/aromatic N) is 2. The fourth-order valence-electron chi connectivity index (χ4n) is 2.97. The summed E-state index contributed by atoms with van der Waals surface area (Å²) >= 11 is 0. The minimum atomic E-state index is -3.87. The van der Waals surface area contributed by atoms with Crippen LogP contribution in [0.5, 0.6) is 5.75 Å². The molecular weight excluding hydrogens is 300 g/mol. The van der Waals surface area contributed by atoms with Crippen molar-refractivity contribution in [2.24, 2.45) is 12.5 Å². The van der Waals surface area contributed by atoms with Crippen LogP contribution in [0, 0.1) is 12.3 Å². The summed E-state index contributed by atoms with van der Waals surface area (Å²) in [5.74, 6) is 0.980. The summed E-state index contributed by atoms with van der Waals surface area (Å²) < 4.78 is 31.6. The highest BCUT2D eigenvalue weighted by atomic mass is 32.2. The van der Waals surface area contributed by atoms with Crippen LogP contribution < -0.4 is 4.18 Å². The monoisotopic (exact) mass is 320 g/mol. The smallest absolute Gasteiger partial charge is 0.356 e. The first kappa shape index (κ1) is 15.1. The first-order valence-electron chi connectivity index (χ1n) is 7.23. The van der Waals surface area contributed by atoms with E-state index >= 15 is 0 Å². The molecule has 1 aliphatic rings. The lowest BCUT2D eigenvalue weighted by atomic mass is 9.90. The van der Waals surface area contributed by atoms with Gasteiger partial charge in [0.1, 0.15) is 11.6 Å². The molecule has 5 nitrogen and oxygen atoms in total. The van der Waals surface area contributed by atoms with Crippen molar-refractivity contribution in [2.45, 2.75) is 38.6 Å². The molecule has 0 atom stereocenters. The van der Waals surface area contributed by atoms with Crippen LogP contribution in [0.2, 0.25) is 0 Å². The normalized spacial score (nSPS) is 16.5. The van der Waals surface area contributed by atoms with Crippen molar-refractivity contribution < 1.29 is 12.6 Å². The largest absolute Gasteiger partial charge is 0.378 e. The third kappa shape index (κ3) is 2.63. The fourth-order valence-corrected chi connectivity index (χ4v) is 4.06. The lowest BCUT2D eigenvalue weighted by molar-refractivity contribution is 0.392. The van der Waals surface area contributed by atoms with Gasteiger partial charge >= 0.3 is 10.1 Å². The standard InChI is InChI=1S/C16H20N2O3S/c1-11-17-10-15(18(11)4)22(19,20)21-14-6-5-12-8-16(2,3)9-13(12)7-14/h5-7,10H,8-9H2,1-4H3. The van der Waals surface area contributed by atoms with Gasteiger partial charge in [-0.2, -0.15) is 8.42 Å². The topological polar surface area (TPSA) is 61.2 Å². The van der Waals surface area contributed by atoms with Gasteiger partial charge in [0.2, 0.25) is 0 Å².